The predicted octanol–water partition coefficient (Wildman–Crippen LogP) is 15.1. The number of halogens is 3. The number of alkyl halides is 3. The van der Waals surface area contributed by atoms with Crippen LogP contribution < -0.4 is 0 Å². The van der Waals surface area contributed by atoms with Crippen LogP contribution in [0.5, 0.6) is 0 Å². The highest BCUT2D eigenvalue weighted by Crippen LogP contribution is 2.45. The van der Waals surface area contributed by atoms with Crippen molar-refractivity contribution < 1.29 is 13.2 Å². The highest BCUT2D eigenvalue weighted by Gasteiger charge is 2.34. The topological polar surface area (TPSA) is 105 Å². The van der Waals surface area contributed by atoms with Crippen LogP contribution in [0.25, 0.3) is 99.5 Å². The summed E-state index contributed by atoms with van der Waals surface area (Å²) in [5, 5.41) is 43.8. The molecule has 0 atom stereocenters. The summed E-state index contributed by atoms with van der Waals surface area (Å²) in [6.07, 6.45) is -4.77. The molecule has 318 valence electrons. The molecular formula is C59H31F3N6. The molecule has 0 radical (unpaired) electrons. The smallest absolute Gasteiger partial charge is 0.309 e. The van der Waals surface area contributed by atoms with Gasteiger partial charge >= 0.3 is 6.18 Å². The Balaban J connectivity index is 1.23. The number of hydrogen-bond donors (Lipinski definition) is 0. The summed E-state index contributed by atoms with van der Waals surface area (Å²) in [5.41, 5.74) is 9.66. The average molecular weight is 881 g/mol. The van der Waals surface area contributed by atoms with Crippen molar-refractivity contribution in [1.82, 2.24) is 9.13 Å². The lowest BCUT2D eigenvalue weighted by molar-refractivity contribution is -0.137. The van der Waals surface area contributed by atoms with Gasteiger partial charge in [-0.05, 0) is 118 Å². The normalized spacial score (nSPS) is 11.4. The summed E-state index contributed by atoms with van der Waals surface area (Å²) >= 11 is 0. The van der Waals surface area contributed by atoms with Crippen LogP contribution in [0.4, 0.5) is 13.2 Å². The Bertz CT molecular complexity index is 4090. The molecule has 9 aromatic carbocycles. The molecule has 0 spiro atoms. The van der Waals surface area contributed by atoms with Crippen molar-refractivity contribution in [2.75, 3.05) is 0 Å². The Labute approximate surface area is 387 Å². The molecule has 11 rings (SSSR count). The minimum Gasteiger partial charge on any atom is -0.309 e. The third kappa shape index (κ3) is 6.63. The standard InChI is InChI=1S/C59H31F3N6/c60-59(61,62)52-27-36(32-63)17-22-45(52)40-21-26-56(67-53-15-7-5-13-46(53)49-29-38(19-24-55(49)67)43-11-3-1-9-41(43)34-65)51(31-40)48-23-18-37(33-64)28-58(48)68-54-16-8-6-14-47(54)50-30-39(20-25-57(50)68)44-12-4-2-10-42(44)35-66/h1-31H. The molecule has 0 aliphatic heterocycles. The van der Waals surface area contributed by atoms with Crippen LogP contribution in [0.3, 0.4) is 0 Å². The van der Waals surface area contributed by atoms with Crippen LogP contribution in [0, 0.1) is 45.3 Å². The summed E-state index contributed by atoms with van der Waals surface area (Å²) in [4.78, 5) is 0. The molecule has 9 heteroatoms. The second kappa shape index (κ2) is 16.1. The monoisotopic (exact) mass is 880 g/mol. The molecule has 0 fully saturated rings. The van der Waals surface area contributed by atoms with E-state index in [-0.39, 0.29) is 16.7 Å². The molecular weight excluding hydrogens is 850 g/mol. The molecule has 0 unspecified atom stereocenters. The highest BCUT2D eigenvalue weighted by molar-refractivity contribution is 6.13. The van der Waals surface area contributed by atoms with Gasteiger partial charge in [0.25, 0.3) is 0 Å². The van der Waals surface area contributed by atoms with Gasteiger partial charge in [0.1, 0.15) is 0 Å². The van der Waals surface area contributed by atoms with E-state index in [4.69, 9.17) is 0 Å². The maximum Gasteiger partial charge on any atom is 0.417 e. The van der Waals surface area contributed by atoms with Gasteiger partial charge in [0.05, 0.1) is 85.5 Å². The van der Waals surface area contributed by atoms with Crippen molar-refractivity contribution in [1.29, 1.82) is 21.0 Å². The number of para-hydroxylation sites is 2. The maximum atomic E-state index is 15.0. The number of aromatic nitrogens is 2. The largest absolute Gasteiger partial charge is 0.417 e. The van der Waals surface area contributed by atoms with Gasteiger partial charge in [-0.25, -0.2) is 0 Å². The second-order valence-electron chi connectivity index (χ2n) is 16.4. The predicted molar refractivity (Wildman–Crippen MR) is 261 cm³/mol. The molecule has 0 aliphatic rings. The third-order valence-corrected chi connectivity index (χ3v) is 12.7. The van der Waals surface area contributed by atoms with Crippen LogP contribution >= 0.6 is 0 Å². The SMILES string of the molecule is N#Cc1ccc(-c2cc(-c3ccc(C#N)cc3C(F)(F)F)ccc2-n2c3ccccc3c3cc(-c4ccccc4C#N)ccc32)c(-n2c3ccccc3c3cc(-c4ccccc4C#N)ccc32)c1. The van der Waals surface area contributed by atoms with Crippen molar-refractivity contribution in [3.8, 4) is 80.2 Å². The summed E-state index contributed by atoms with van der Waals surface area (Å²) in [5.74, 6) is 0. The Hall–Kier alpha value is -9.67. The minimum absolute atomic E-state index is 0.0930. The van der Waals surface area contributed by atoms with Crippen molar-refractivity contribution in [3.63, 3.8) is 0 Å². The number of benzene rings is 9. The maximum absolute atomic E-state index is 15.0. The quantitative estimate of drug-likeness (QED) is 0.166. The molecule has 0 bridgehead atoms. The van der Waals surface area contributed by atoms with E-state index in [0.29, 0.717) is 39.2 Å². The van der Waals surface area contributed by atoms with Crippen molar-refractivity contribution in [2.45, 2.75) is 6.18 Å². The fourth-order valence-electron chi connectivity index (χ4n) is 9.69. The van der Waals surface area contributed by atoms with E-state index in [1.807, 2.05) is 133 Å². The van der Waals surface area contributed by atoms with Crippen LogP contribution in [0.2, 0.25) is 0 Å². The molecule has 68 heavy (non-hydrogen) atoms. The van der Waals surface area contributed by atoms with Crippen molar-refractivity contribution in [2.24, 2.45) is 0 Å². The zero-order valence-corrected chi connectivity index (χ0v) is 35.7. The summed E-state index contributed by atoms with van der Waals surface area (Å²) < 4.78 is 49.1. The van der Waals surface area contributed by atoms with E-state index in [0.717, 1.165) is 71.9 Å². The first-order valence-electron chi connectivity index (χ1n) is 21.6. The molecule has 0 saturated carbocycles. The van der Waals surface area contributed by atoms with E-state index in [1.54, 1.807) is 30.3 Å². The van der Waals surface area contributed by atoms with Gasteiger partial charge in [0.15, 0.2) is 0 Å². The molecule has 0 amide bonds. The summed E-state index contributed by atoms with van der Waals surface area (Å²) in [6, 6.07) is 65.9. The lowest BCUT2D eigenvalue weighted by Crippen LogP contribution is -2.08. The second-order valence-corrected chi connectivity index (χ2v) is 16.4. The van der Waals surface area contributed by atoms with Gasteiger partial charge in [-0.3, -0.25) is 0 Å². The Morgan fingerprint density at radius 2 is 0.794 bits per heavy atom. The zero-order chi connectivity index (χ0) is 46.7. The van der Waals surface area contributed by atoms with Gasteiger partial charge in [0.2, 0.25) is 0 Å². The van der Waals surface area contributed by atoms with E-state index in [1.165, 1.54) is 12.1 Å². The van der Waals surface area contributed by atoms with Gasteiger partial charge < -0.3 is 9.13 Å². The van der Waals surface area contributed by atoms with E-state index >= 15 is 0 Å². The summed E-state index contributed by atoms with van der Waals surface area (Å²) in [7, 11) is 0. The molecule has 11 aromatic rings. The van der Waals surface area contributed by atoms with Crippen LogP contribution in [-0.2, 0) is 6.18 Å². The fourth-order valence-corrected chi connectivity index (χ4v) is 9.69. The van der Waals surface area contributed by atoms with E-state index in [2.05, 4.69) is 39.5 Å². The number of nitrogens with zero attached hydrogens (tertiary/aromatic N) is 6. The van der Waals surface area contributed by atoms with Gasteiger partial charge in [0, 0.05) is 32.7 Å². The third-order valence-electron chi connectivity index (χ3n) is 12.7. The minimum atomic E-state index is -4.77. The molecule has 2 heterocycles. The van der Waals surface area contributed by atoms with Crippen LogP contribution in [0.15, 0.2) is 188 Å². The number of rotatable bonds is 6. The van der Waals surface area contributed by atoms with E-state index in [9.17, 15) is 34.2 Å². The first-order chi connectivity index (χ1) is 33.2. The lowest BCUT2D eigenvalue weighted by Gasteiger charge is -2.21. The average Bonchev–Trinajstić information content (AvgIpc) is 3.89. The first kappa shape index (κ1) is 41.1. The van der Waals surface area contributed by atoms with Crippen molar-refractivity contribution >= 4 is 43.6 Å². The zero-order valence-electron chi connectivity index (χ0n) is 35.7. The Morgan fingerprint density at radius 1 is 0.338 bits per heavy atom. The van der Waals surface area contributed by atoms with Crippen LogP contribution in [0.1, 0.15) is 27.8 Å². The number of hydrogen-bond acceptors (Lipinski definition) is 4. The molecule has 0 saturated heterocycles. The lowest BCUT2D eigenvalue weighted by atomic mass is 9.92. The molecule has 6 nitrogen and oxygen atoms in total. The summed E-state index contributed by atoms with van der Waals surface area (Å²) in [6.45, 7) is 0. The van der Waals surface area contributed by atoms with E-state index < -0.39 is 11.7 Å². The molecule has 0 N–H and O–H groups in total. The Morgan fingerprint density at radius 3 is 1.34 bits per heavy atom. The van der Waals surface area contributed by atoms with Gasteiger partial charge in [-0.15, -0.1) is 0 Å². The van der Waals surface area contributed by atoms with Crippen LogP contribution in [-0.4, -0.2) is 9.13 Å². The first-order valence-corrected chi connectivity index (χ1v) is 21.6. The van der Waals surface area contributed by atoms with Gasteiger partial charge in [-0.1, -0.05) is 103 Å². The van der Waals surface area contributed by atoms with Crippen molar-refractivity contribution in [3.05, 3.63) is 216 Å². The van der Waals surface area contributed by atoms with Gasteiger partial charge in [-0.2, -0.15) is 34.2 Å². The molecule has 0 aliphatic carbocycles. The highest BCUT2D eigenvalue weighted by atomic mass is 19.4. The number of nitriles is 4. The Kier molecular flexibility index (Phi) is 9.72. The number of fused-ring (bicyclic) bond motifs is 6. The molecule has 2 aromatic heterocycles. The fraction of sp³-hybridized carbons (Fsp3) is 0.0169.